The molecule has 2 rings (SSSR count). The molecule has 0 atom stereocenters. The van der Waals surface area contributed by atoms with Crippen LogP contribution in [-0.2, 0) is 6.61 Å². The molecule has 0 fully saturated rings. The average Bonchev–Trinajstić information content (AvgIpc) is 2.53. The lowest BCUT2D eigenvalue weighted by molar-refractivity contribution is 0.112. The molecule has 0 saturated carbocycles. The van der Waals surface area contributed by atoms with Crippen LogP contribution in [0.3, 0.4) is 0 Å². The molecule has 20 heavy (non-hydrogen) atoms. The Morgan fingerprint density at radius 2 is 1.75 bits per heavy atom. The van der Waals surface area contributed by atoms with Crippen LogP contribution < -0.4 is 9.47 Å². The van der Waals surface area contributed by atoms with Gasteiger partial charge in [0, 0.05) is 5.56 Å². The molecule has 2 aromatic carbocycles. The van der Waals surface area contributed by atoms with Crippen molar-refractivity contribution in [2.75, 3.05) is 7.11 Å². The second-order valence-electron chi connectivity index (χ2n) is 4.26. The van der Waals surface area contributed by atoms with Gasteiger partial charge in [0.15, 0.2) is 11.5 Å². The highest BCUT2D eigenvalue weighted by Crippen LogP contribution is 2.28. The highest BCUT2D eigenvalue weighted by Gasteiger charge is 2.05. The predicted octanol–water partition coefficient (Wildman–Crippen LogP) is 3.73. The van der Waals surface area contributed by atoms with Crippen molar-refractivity contribution in [3.63, 3.8) is 0 Å². The zero-order valence-corrected chi connectivity index (χ0v) is 11.3. The Morgan fingerprint density at radius 1 is 1.05 bits per heavy atom. The summed E-state index contributed by atoms with van der Waals surface area (Å²) in [4.78, 5) is 10.7. The standard InChI is InChI=1S/C17H16O3/c1-3-13-4-6-14(7-5-13)12-20-16-9-8-15(11-18)10-17(16)19-2/h3-11H,1,12H2,2H3. The average molecular weight is 268 g/mol. The third-order valence-corrected chi connectivity index (χ3v) is 2.93. The van der Waals surface area contributed by atoms with Crippen molar-refractivity contribution in [2.45, 2.75) is 6.61 Å². The van der Waals surface area contributed by atoms with E-state index in [1.54, 1.807) is 31.4 Å². The molecular weight excluding hydrogens is 252 g/mol. The first-order valence-corrected chi connectivity index (χ1v) is 6.24. The van der Waals surface area contributed by atoms with E-state index in [0.29, 0.717) is 23.7 Å². The van der Waals surface area contributed by atoms with Crippen LogP contribution in [-0.4, -0.2) is 13.4 Å². The maximum Gasteiger partial charge on any atom is 0.161 e. The van der Waals surface area contributed by atoms with Crippen molar-refractivity contribution < 1.29 is 14.3 Å². The lowest BCUT2D eigenvalue weighted by atomic mass is 10.1. The maximum absolute atomic E-state index is 10.7. The lowest BCUT2D eigenvalue weighted by Gasteiger charge is -2.11. The first-order chi connectivity index (χ1) is 9.76. The van der Waals surface area contributed by atoms with Crippen molar-refractivity contribution in [1.29, 1.82) is 0 Å². The van der Waals surface area contributed by atoms with Gasteiger partial charge in [-0.15, -0.1) is 0 Å². The highest BCUT2D eigenvalue weighted by molar-refractivity contribution is 5.76. The Labute approximate surface area is 118 Å². The van der Waals surface area contributed by atoms with Gasteiger partial charge in [0.05, 0.1) is 7.11 Å². The minimum atomic E-state index is 0.439. The molecule has 0 aliphatic heterocycles. The fourth-order valence-electron chi connectivity index (χ4n) is 1.79. The van der Waals surface area contributed by atoms with Gasteiger partial charge in [-0.05, 0) is 29.3 Å². The molecule has 2 aromatic rings. The van der Waals surface area contributed by atoms with Crippen LogP contribution in [0.4, 0.5) is 0 Å². The first-order valence-electron chi connectivity index (χ1n) is 6.24. The molecule has 3 heteroatoms. The summed E-state index contributed by atoms with van der Waals surface area (Å²) >= 11 is 0. The number of rotatable bonds is 6. The number of carbonyl (C=O) groups is 1. The molecule has 102 valence electrons. The summed E-state index contributed by atoms with van der Waals surface area (Å²) in [6.07, 6.45) is 2.58. The van der Waals surface area contributed by atoms with Crippen LogP contribution in [0, 0.1) is 0 Å². The summed E-state index contributed by atoms with van der Waals surface area (Å²) < 4.78 is 10.9. The quantitative estimate of drug-likeness (QED) is 0.749. The summed E-state index contributed by atoms with van der Waals surface area (Å²) in [6.45, 7) is 4.16. The zero-order valence-electron chi connectivity index (χ0n) is 11.3. The van der Waals surface area contributed by atoms with Crippen LogP contribution in [0.5, 0.6) is 11.5 Å². The molecule has 0 radical (unpaired) electrons. The minimum Gasteiger partial charge on any atom is -0.493 e. The van der Waals surface area contributed by atoms with E-state index in [4.69, 9.17) is 9.47 Å². The van der Waals surface area contributed by atoms with Gasteiger partial charge >= 0.3 is 0 Å². The normalized spacial score (nSPS) is 9.85. The van der Waals surface area contributed by atoms with E-state index >= 15 is 0 Å². The van der Waals surface area contributed by atoms with E-state index in [1.165, 1.54) is 0 Å². The summed E-state index contributed by atoms with van der Waals surface area (Å²) in [5.41, 5.74) is 2.68. The number of hydrogen-bond acceptors (Lipinski definition) is 3. The van der Waals surface area contributed by atoms with E-state index in [0.717, 1.165) is 17.4 Å². The molecular formula is C17H16O3. The Kier molecular flexibility index (Phi) is 4.56. The van der Waals surface area contributed by atoms with E-state index in [9.17, 15) is 4.79 Å². The fraction of sp³-hybridized carbons (Fsp3) is 0.118. The maximum atomic E-state index is 10.7. The fourth-order valence-corrected chi connectivity index (χ4v) is 1.79. The number of methoxy groups -OCH3 is 1. The number of aldehydes is 1. The molecule has 0 unspecified atom stereocenters. The molecule has 0 aliphatic rings. The van der Waals surface area contributed by atoms with Crippen LogP contribution in [0.1, 0.15) is 21.5 Å². The third kappa shape index (κ3) is 3.26. The monoisotopic (exact) mass is 268 g/mol. The molecule has 0 aliphatic carbocycles. The first kappa shape index (κ1) is 13.9. The Morgan fingerprint density at radius 3 is 2.35 bits per heavy atom. The second-order valence-corrected chi connectivity index (χ2v) is 4.26. The van der Waals surface area contributed by atoms with E-state index < -0.39 is 0 Å². The molecule has 3 nitrogen and oxygen atoms in total. The number of ether oxygens (including phenoxy) is 2. The van der Waals surface area contributed by atoms with Crippen LogP contribution in [0.2, 0.25) is 0 Å². The molecule has 0 bridgehead atoms. The largest absolute Gasteiger partial charge is 0.493 e. The van der Waals surface area contributed by atoms with Gasteiger partial charge in [0.25, 0.3) is 0 Å². The van der Waals surface area contributed by atoms with E-state index in [2.05, 4.69) is 6.58 Å². The summed E-state index contributed by atoms with van der Waals surface area (Å²) in [5, 5.41) is 0. The molecule has 0 aromatic heterocycles. The molecule has 0 heterocycles. The molecule has 0 saturated heterocycles. The van der Waals surface area contributed by atoms with Crippen molar-refractivity contribution in [1.82, 2.24) is 0 Å². The van der Waals surface area contributed by atoms with Crippen LogP contribution in [0.15, 0.2) is 49.0 Å². The van der Waals surface area contributed by atoms with Gasteiger partial charge in [0.1, 0.15) is 12.9 Å². The van der Waals surface area contributed by atoms with Gasteiger partial charge in [-0.2, -0.15) is 0 Å². The van der Waals surface area contributed by atoms with Crippen LogP contribution in [0.25, 0.3) is 6.08 Å². The second kappa shape index (κ2) is 6.57. The van der Waals surface area contributed by atoms with Gasteiger partial charge in [0.2, 0.25) is 0 Å². The number of hydrogen-bond donors (Lipinski definition) is 0. The predicted molar refractivity (Wildman–Crippen MR) is 79.2 cm³/mol. The summed E-state index contributed by atoms with van der Waals surface area (Å²) in [7, 11) is 1.55. The molecule has 0 N–H and O–H groups in total. The van der Waals surface area contributed by atoms with Crippen molar-refractivity contribution in [3.05, 3.63) is 65.7 Å². The Hall–Kier alpha value is -2.55. The van der Waals surface area contributed by atoms with Gasteiger partial charge in [-0.1, -0.05) is 36.9 Å². The Balaban J connectivity index is 2.09. The SMILES string of the molecule is C=Cc1ccc(COc2ccc(C=O)cc2OC)cc1. The zero-order chi connectivity index (χ0) is 14.4. The van der Waals surface area contributed by atoms with E-state index in [-0.39, 0.29) is 0 Å². The Bertz CT molecular complexity index is 600. The van der Waals surface area contributed by atoms with Crippen molar-refractivity contribution in [3.8, 4) is 11.5 Å². The smallest absolute Gasteiger partial charge is 0.161 e. The summed E-state index contributed by atoms with van der Waals surface area (Å²) in [5.74, 6) is 1.17. The minimum absolute atomic E-state index is 0.439. The topological polar surface area (TPSA) is 35.5 Å². The molecule has 0 spiro atoms. The molecule has 0 amide bonds. The number of benzene rings is 2. The van der Waals surface area contributed by atoms with Gasteiger partial charge < -0.3 is 9.47 Å². The third-order valence-electron chi connectivity index (χ3n) is 2.93. The summed E-state index contributed by atoms with van der Waals surface area (Å²) in [6, 6.07) is 13.0. The number of carbonyl (C=O) groups excluding carboxylic acids is 1. The van der Waals surface area contributed by atoms with Crippen molar-refractivity contribution >= 4 is 12.4 Å². The van der Waals surface area contributed by atoms with Crippen molar-refractivity contribution in [2.24, 2.45) is 0 Å². The van der Waals surface area contributed by atoms with Crippen LogP contribution >= 0.6 is 0 Å². The highest BCUT2D eigenvalue weighted by atomic mass is 16.5. The van der Waals surface area contributed by atoms with Gasteiger partial charge in [-0.25, -0.2) is 0 Å². The lowest BCUT2D eigenvalue weighted by Crippen LogP contribution is -1.98. The van der Waals surface area contributed by atoms with E-state index in [1.807, 2.05) is 24.3 Å². The van der Waals surface area contributed by atoms with Gasteiger partial charge in [-0.3, -0.25) is 4.79 Å².